The van der Waals surface area contributed by atoms with Crippen molar-refractivity contribution in [3.8, 4) is 0 Å². The van der Waals surface area contributed by atoms with E-state index in [9.17, 15) is 4.79 Å². The maximum absolute atomic E-state index is 11.8. The highest BCUT2D eigenvalue weighted by molar-refractivity contribution is 5.69. The van der Waals surface area contributed by atoms with Crippen LogP contribution in [0.1, 0.15) is 30.4 Å². The number of likely N-dealkylation sites (tertiary alicyclic amines) is 1. The van der Waals surface area contributed by atoms with E-state index in [-0.39, 0.29) is 5.97 Å². The van der Waals surface area contributed by atoms with Crippen LogP contribution >= 0.6 is 0 Å². The van der Waals surface area contributed by atoms with Crippen molar-refractivity contribution >= 4 is 5.97 Å². The molecule has 0 amide bonds. The number of ether oxygens (including phenoxy) is 1. The van der Waals surface area contributed by atoms with Gasteiger partial charge in [0, 0.05) is 51.2 Å². The topological polar surface area (TPSA) is 36.0 Å². The fourth-order valence-electron chi connectivity index (χ4n) is 5.50. The third-order valence-electron chi connectivity index (χ3n) is 7.22. The van der Waals surface area contributed by atoms with Crippen LogP contribution in [0.3, 0.4) is 0 Å². The number of likely N-dealkylation sites (N-methyl/N-ethyl adjacent to an activating group) is 1. The van der Waals surface area contributed by atoms with Crippen LogP contribution in [0.4, 0.5) is 0 Å². The zero-order valence-corrected chi connectivity index (χ0v) is 17.5. The van der Waals surface area contributed by atoms with Gasteiger partial charge in [-0.3, -0.25) is 14.6 Å². The molecular formula is C23H35N3O2. The Morgan fingerprint density at radius 1 is 1.04 bits per heavy atom. The van der Waals surface area contributed by atoms with Crippen LogP contribution < -0.4 is 0 Å². The van der Waals surface area contributed by atoms with Gasteiger partial charge in [0.2, 0.25) is 0 Å². The fraction of sp³-hybridized carbons (Fsp3) is 0.696. The highest BCUT2D eigenvalue weighted by Crippen LogP contribution is 2.32. The summed E-state index contributed by atoms with van der Waals surface area (Å²) in [5, 5.41) is 0. The molecule has 4 rings (SSSR count). The first-order valence-corrected chi connectivity index (χ1v) is 10.9. The second-order valence-corrected chi connectivity index (χ2v) is 8.90. The van der Waals surface area contributed by atoms with Crippen molar-refractivity contribution in [3.05, 3.63) is 35.4 Å². The van der Waals surface area contributed by atoms with Gasteiger partial charge in [-0.25, -0.2) is 0 Å². The SMILES string of the molecule is COC(=O)CC[C@H]1CN(C2Cc3ccccc3C2)CC[C@H]1N1CCN(C)CC1. The van der Waals surface area contributed by atoms with E-state index in [1.165, 1.54) is 44.0 Å². The van der Waals surface area contributed by atoms with Crippen molar-refractivity contribution in [1.82, 2.24) is 14.7 Å². The Kier molecular flexibility index (Phi) is 6.34. The third kappa shape index (κ3) is 4.42. The summed E-state index contributed by atoms with van der Waals surface area (Å²) in [7, 11) is 3.72. The van der Waals surface area contributed by atoms with Crippen LogP contribution in [0.2, 0.25) is 0 Å². The van der Waals surface area contributed by atoms with E-state index in [1.807, 2.05) is 0 Å². The smallest absolute Gasteiger partial charge is 0.305 e. The van der Waals surface area contributed by atoms with Gasteiger partial charge in [-0.2, -0.15) is 0 Å². The lowest BCUT2D eigenvalue weighted by atomic mass is 9.85. The molecule has 1 aliphatic carbocycles. The zero-order chi connectivity index (χ0) is 19.5. The molecule has 1 aromatic carbocycles. The molecule has 1 aromatic rings. The number of carbonyl (C=O) groups is 1. The van der Waals surface area contributed by atoms with E-state index in [4.69, 9.17) is 4.74 Å². The van der Waals surface area contributed by atoms with Gasteiger partial charge in [0.15, 0.2) is 0 Å². The molecule has 154 valence electrons. The molecule has 0 saturated carbocycles. The number of methoxy groups -OCH3 is 1. The number of benzene rings is 1. The van der Waals surface area contributed by atoms with Crippen molar-refractivity contribution in [2.24, 2.45) is 5.92 Å². The highest BCUT2D eigenvalue weighted by Gasteiger charge is 2.37. The summed E-state index contributed by atoms with van der Waals surface area (Å²) in [6, 6.07) is 10.2. The summed E-state index contributed by atoms with van der Waals surface area (Å²) in [6.07, 6.45) is 5.07. The van der Waals surface area contributed by atoms with Gasteiger partial charge in [0.1, 0.15) is 0 Å². The maximum Gasteiger partial charge on any atom is 0.305 e. The van der Waals surface area contributed by atoms with Gasteiger partial charge in [0.05, 0.1) is 7.11 Å². The van der Waals surface area contributed by atoms with Crippen molar-refractivity contribution in [2.45, 2.75) is 44.2 Å². The van der Waals surface area contributed by atoms with Gasteiger partial charge in [0.25, 0.3) is 0 Å². The Balaban J connectivity index is 1.41. The van der Waals surface area contributed by atoms with Crippen LogP contribution in [-0.4, -0.2) is 86.2 Å². The number of esters is 1. The standard InChI is InChI=1S/C23H35N3O2/c1-24-11-13-25(14-12-24)22-9-10-26(17-20(22)7-8-23(27)28-2)21-15-18-5-3-4-6-19(18)16-21/h3-6,20-22H,7-17H2,1-2H3/t20-,22+/m0/s1. The van der Waals surface area contributed by atoms with Crippen LogP contribution in [0.15, 0.2) is 24.3 Å². The highest BCUT2D eigenvalue weighted by atomic mass is 16.5. The van der Waals surface area contributed by atoms with E-state index in [0.29, 0.717) is 24.4 Å². The summed E-state index contributed by atoms with van der Waals surface area (Å²) >= 11 is 0. The van der Waals surface area contributed by atoms with Gasteiger partial charge in [-0.05, 0) is 56.3 Å². The molecule has 28 heavy (non-hydrogen) atoms. The first-order chi connectivity index (χ1) is 13.6. The van der Waals surface area contributed by atoms with Crippen LogP contribution in [0, 0.1) is 5.92 Å². The Labute approximate surface area is 169 Å². The average molecular weight is 386 g/mol. The number of piperazine rings is 1. The third-order valence-corrected chi connectivity index (χ3v) is 7.22. The van der Waals surface area contributed by atoms with Gasteiger partial charge in [-0.1, -0.05) is 24.3 Å². The molecule has 2 aliphatic heterocycles. The summed E-state index contributed by atoms with van der Waals surface area (Å²) in [5.41, 5.74) is 3.06. The number of nitrogens with zero attached hydrogens (tertiary/aromatic N) is 3. The van der Waals surface area contributed by atoms with Crippen LogP contribution in [0.25, 0.3) is 0 Å². The lowest BCUT2D eigenvalue weighted by molar-refractivity contribution is -0.141. The van der Waals surface area contributed by atoms with E-state index in [0.717, 1.165) is 39.1 Å². The Bertz CT molecular complexity index is 647. The summed E-state index contributed by atoms with van der Waals surface area (Å²) < 4.78 is 4.93. The molecule has 0 N–H and O–H groups in total. The monoisotopic (exact) mass is 385 g/mol. The van der Waals surface area contributed by atoms with Crippen molar-refractivity contribution in [3.63, 3.8) is 0 Å². The Hall–Kier alpha value is -1.43. The summed E-state index contributed by atoms with van der Waals surface area (Å²) in [6.45, 7) is 6.93. The zero-order valence-electron chi connectivity index (χ0n) is 17.5. The molecule has 0 bridgehead atoms. The molecule has 5 heteroatoms. The van der Waals surface area contributed by atoms with Gasteiger partial charge >= 0.3 is 5.97 Å². The van der Waals surface area contributed by atoms with Crippen molar-refractivity contribution in [2.75, 3.05) is 53.4 Å². The number of rotatable bonds is 5. The van der Waals surface area contributed by atoms with E-state index < -0.39 is 0 Å². The van der Waals surface area contributed by atoms with E-state index in [2.05, 4.69) is 46.0 Å². The predicted octanol–water partition coefficient (Wildman–Crippen LogP) is 2.04. The number of fused-ring (bicyclic) bond motifs is 1. The van der Waals surface area contributed by atoms with E-state index >= 15 is 0 Å². The molecule has 0 unspecified atom stereocenters. The molecule has 2 saturated heterocycles. The fourth-order valence-corrected chi connectivity index (χ4v) is 5.50. The molecule has 5 nitrogen and oxygen atoms in total. The molecule has 2 heterocycles. The molecule has 3 aliphatic rings. The summed E-state index contributed by atoms with van der Waals surface area (Å²) in [4.78, 5) is 19.6. The van der Waals surface area contributed by atoms with Crippen molar-refractivity contribution < 1.29 is 9.53 Å². The largest absolute Gasteiger partial charge is 0.469 e. The number of piperidine rings is 1. The molecule has 2 fully saturated rings. The second-order valence-electron chi connectivity index (χ2n) is 8.90. The maximum atomic E-state index is 11.8. The second kappa shape index (κ2) is 8.93. The molecule has 0 aromatic heterocycles. The molecule has 0 radical (unpaired) electrons. The quantitative estimate of drug-likeness (QED) is 0.725. The number of hydrogen-bond acceptors (Lipinski definition) is 5. The molecule has 0 spiro atoms. The minimum Gasteiger partial charge on any atom is -0.469 e. The lowest BCUT2D eigenvalue weighted by Crippen LogP contribution is -2.57. The van der Waals surface area contributed by atoms with E-state index in [1.54, 1.807) is 0 Å². The Morgan fingerprint density at radius 2 is 1.71 bits per heavy atom. The lowest BCUT2D eigenvalue weighted by Gasteiger charge is -2.47. The number of hydrogen-bond donors (Lipinski definition) is 0. The van der Waals surface area contributed by atoms with Gasteiger partial charge < -0.3 is 9.64 Å². The minimum atomic E-state index is -0.0671. The molecular weight excluding hydrogens is 350 g/mol. The Morgan fingerprint density at radius 3 is 2.36 bits per heavy atom. The predicted molar refractivity (Wildman–Crippen MR) is 111 cm³/mol. The van der Waals surface area contributed by atoms with Gasteiger partial charge in [-0.15, -0.1) is 0 Å². The average Bonchev–Trinajstić information content (AvgIpc) is 3.17. The summed E-state index contributed by atoms with van der Waals surface area (Å²) in [5.74, 6) is 0.488. The van der Waals surface area contributed by atoms with Crippen LogP contribution in [-0.2, 0) is 22.4 Å². The first kappa shape index (κ1) is 19.9. The first-order valence-electron chi connectivity index (χ1n) is 10.9. The number of carbonyl (C=O) groups excluding carboxylic acids is 1. The molecule has 2 atom stereocenters. The van der Waals surface area contributed by atoms with Crippen molar-refractivity contribution in [1.29, 1.82) is 0 Å². The van der Waals surface area contributed by atoms with Crippen LogP contribution in [0.5, 0.6) is 0 Å². The normalized spacial score (nSPS) is 27.6. The minimum absolute atomic E-state index is 0.0671.